The molecule has 2 atom stereocenters. The molecule has 0 unspecified atom stereocenters. The molecule has 0 aliphatic heterocycles. The molecular formula is C30H34F3NO7. The van der Waals surface area contributed by atoms with Crippen molar-refractivity contribution in [2.75, 3.05) is 20.3 Å². The van der Waals surface area contributed by atoms with Gasteiger partial charge in [-0.2, -0.15) is 13.2 Å². The lowest BCUT2D eigenvalue weighted by Crippen LogP contribution is -2.28. The van der Waals surface area contributed by atoms with Gasteiger partial charge in [0.2, 0.25) is 5.89 Å². The van der Waals surface area contributed by atoms with Crippen molar-refractivity contribution in [3.63, 3.8) is 0 Å². The van der Waals surface area contributed by atoms with Crippen LogP contribution in [0.2, 0.25) is 0 Å². The third-order valence-electron chi connectivity index (χ3n) is 7.01. The fourth-order valence-corrected chi connectivity index (χ4v) is 4.86. The molecule has 1 fully saturated rings. The minimum Gasteiger partial charge on any atom is -0.491 e. The van der Waals surface area contributed by atoms with Crippen LogP contribution in [0.5, 0.6) is 5.75 Å². The van der Waals surface area contributed by atoms with Crippen molar-refractivity contribution >= 4 is 5.97 Å². The molecule has 0 spiro atoms. The Labute approximate surface area is 236 Å². The third-order valence-corrected chi connectivity index (χ3v) is 7.01. The highest BCUT2D eigenvalue weighted by Crippen LogP contribution is 2.36. The van der Waals surface area contributed by atoms with Gasteiger partial charge in [-0.1, -0.05) is 18.2 Å². The number of ether oxygens (including phenoxy) is 4. The van der Waals surface area contributed by atoms with Gasteiger partial charge in [-0.15, -0.1) is 0 Å². The number of carboxylic acid groups (broad SMARTS) is 1. The number of carboxylic acids is 1. The van der Waals surface area contributed by atoms with Crippen LogP contribution in [0.3, 0.4) is 0 Å². The van der Waals surface area contributed by atoms with Crippen molar-refractivity contribution in [1.29, 1.82) is 0 Å². The second-order valence-electron chi connectivity index (χ2n) is 10.1. The number of carbonyl (C=O) groups is 1. The zero-order chi connectivity index (χ0) is 29.6. The highest BCUT2D eigenvalue weighted by atomic mass is 19.4. The van der Waals surface area contributed by atoms with Crippen molar-refractivity contribution in [2.45, 2.75) is 71.1 Å². The number of hydrogen-bond donors (Lipinski definition) is 1. The lowest BCUT2D eigenvalue weighted by atomic mass is 9.94. The van der Waals surface area contributed by atoms with Crippen LogP contribution in [-0.4, -0.2) is 48.6 Å². The Hall–Kier alpha value is -3.41. The first-order chi connectivity index (χ1) is 19.5. The summed E-state index contributed by atoms with van der Waals surface area (Å²) in [6.07, 6.45) is -1.60. The molecule has 1 aliphatic carbocycles. The van der Waals surface area contributed by atoms with Crippen LogP contribution in [0.25, 0.3) is 11.5 Å². The molecule has 41 heavy (non-hydrogen) atoms. The second-order valence-corrected chi connectivity index (χ2v) is 10.1. The summed E-state index contributed by atoms with van der Waals surface area (Å²) >= 11 is 0. The Morgan fingerprint density at radius 1 is 1.07 bits per heavy atom. The fraction of sp³-hybridized carbons (Fsp3) is 0.467. The summed E-state index contributed by atoms with van der Waals surface area (Å²) in [5.41, 5.74) is 1.35. The first-order valence-electron chi connectivity index (χ1n) is 13.4. The van der Waals surface area contributed by atoms with E-state index in [0.29, 0.717) is 29.0 Å². The Morgan fingerprint density at radius 3 is 2.49 bits per heavy atom. The lowest BCUT2D eigenvalue weighted by molar-refractivity contribution is -0.137. The van der Waals surface area contributed by atoms with E-state index in [1.54, 1.807) is 26.0 Å². The lowest BCUT2D eigenvalue weighted by Gasteiger charge is -2.29. The van der Waals surface area contributed by atoms with Crippen molar-refractivity contribution in [3.05, 3.63) is 70.1 Å². The van der Waals surface area contributed by atoms with Crippen molar-refractivity contribution in [1.82, 2.24) is 4.98 Å². The monoisotopic (exact) mass is 577 g/mol. The summed E-state index contributed by atoms with van der Waals surface area (Å²) in [5, 5.41) is 9.56. The maximum absolute atomic E-state index is 13.5. The van der Waals surface area contributed by atoms with Gasteiger partial charge in [0.05, 0.1) is 43.2 Å². The minimum atomic E-state index is -4.57. The van der Waals surface area contributed by atoms with Crippen LogP contribution in [0.15, 0.2) is 40.8 Å². The molecule has 1 saturated carbocycles. The van der Waals surface area contributed by atoms with Gasteiger partial charge in [0, 0.05) is 12.7 Å². The van der Waals surface area contributed by atoms with Gasteiger partial charge in [0.1, 0.15) is 23.8 Å². The van der Waals surface area contributed by atoms with E-state index >= 15 is 0 Å². The van der Waals surface area contributed by atoms with Crippen molar-refractivity contribution < 1.29 is 46.4 Å². The second kappa shape index (κ2) is 13.5. The van der Waals surface area contributed by atoms with Gasteiger partial charge in [-0.25, -0.2) is 9.78 Å². The van der Waals surface area contributed by atoms with Crippen LogP contribution < -0.4 is 4.74 Å². The summed E-state index contributed by atoms with van der Waals surface area (Å²) in [5.74, 6) is -0.451. The smallest absolute Gasteiger partial charge is 0.416 e. The molecular weight excluding hydrogens is 543 g/mol. The first-order valence-corrected chi connectivity index (χ1v) is 13.4. The SMILES string of the molecule is COCCOc1cc(-c2nc(CO[C@H]3CCC[C@@H](OCc4cccc(C)c4C(=O)O)C3)c(C)o2)cc(C(F)(F)F)c1. The first kappa shape index (κ1) is 30.5. The van der Waals surface area contributed by atoms with Crippen molar-refractivity contribution in [2.24, 2.45) is 0 Å². The maximum Gasteiger partial charge on any atom is 0.416 e. The number of aromatic nitrogens is 1. The summed E-state index contributed by atoms with van der Waals surface area (Å²) < 4.78 is 68.9. The predicted octanol–water partition coefficient (Wildman–Crippen LogP) is 6.75. The number of benzene rings is 2. The predicted molar refractivity (Wildman–Crippen MR) is 143 cm³/mol. The highest BCUT2D eigenvalue weighted by Gasteiger charge is 2.32. The van der Waals surface area contributed by atoms with Gasteiger partial charge in [-0.05, 0) is 68.9 Å². The zero-order valence-electron chi connectivity index (χ0n) is 23.3. The molecule has 1 heterocycles. The largest absolute Gasteiger partial charge is 0.491 e. The number of aryl methyl sites for hydroxylation is 2. The molecule has 0 bridgehead atoms. The van der Waals surface area contributed by atoms with Crippen LogP contribution >= 0.6 is 0 Å². The van der Waals surface area contributed by atoms with E-state index in [1.807, 2.05) is 6.07 Å². The van der Waals surface area contributed by atoms with E-state index in [9.17, 15) is 23.1 Å². The normalized spacial score (nSPS) is 17.5. The molecule has 3 aromatic rings. The minimum absolute atomic E-state index is 0.0370. The number of nitrogens with zero attached hydrogens (tertiary/aromatic N) is 1. The van der Waals surface area contributed by atoms with E-state index in [-0.39, 0.29) is 61.4 Å². The van der Waals surface area contributed by atoms with Gasteiger partial charge in [0.25, 0.3) is 0 Å². The Balaban J connectivity index is 1.39. The molecule has 0 saturated heterocycles. The molecule has 1 aromatic heterocycles. The summed E-state index contributed by atoms with van der Waals surface area (Å²) in [7, 11) is 1.48. The van der Waals surface area contributed by atoms with Crippen LogP contribution in [0, 0.1) is 13.8 Å². The average molecular weight is 578 g/mol. The summed E-state index contributed by atoms with van der Waals surface area (Å²) in [6, 6.07) is 8.70. The fourth-order valence-electron chi connectivity index (χ4n) is 4.86. The number of aromatic carboxylic acids is 1. The highest BCUT2D eigenvalue weighted by molar-refractivity contribution is 5.91. The van der Waals surface area contributed by atoms with E-state index in [4.69, 9.17) is 23.4 Å². The summed E-state index contributed by atoms with van der Waals surface area (Å²) in [4.78, 5) is 16.1. The number of methoxy groups -OCH3 is 1. The molecule has 1 N–H and O–H groups in total. The van der Waals surface area contributed by atoms with E-state index in [0.717, 1.165) is 31.4 Å². The van der Waals surface area contributed by atoms with Gasteiger partial charge < -0.3 is 28.5 Å². The van der Waals surface area contributed by atoms with Crippen LogP contribution in [-0.2, 0) is 33.6 Å². The van der Waals surface area contributed by atoms with E-state index < -0.39 is 17.7 Å². The molecule has 8 nitrogen and oxygen atoms in total. The van der Waals surface area contributed by atoms with Gasteiger partial charge in [0.15, 0.2) is 0 Å². The third kappa shape index (κ3) is 8.08. The van der Waals surface area contributed by atoms with Gasteiger partial charge in [-0.3, -0.25) is 0 Å². The van der Waals surface area contributed by atoms with Crippen LogP contribution in [0.1, 0.15) is 64.2 Å². The van der Waals surface area contributed by atoms with Gasteiger partial charge >= 0.3 is 12.1 Å². The van der Waals surface area contributed by atoms with E-state index in [2.05, 4.69) is 4.98 Å². The molecule has 0 radical (unpaired) electrons. The van der Waals surface area contributed by atoms with Crippen LogP contribution in [0.4, 0.5) is 13.2 Å². The number of alkyl halides is 3. The molecule has 0 amide bonds. The molecule has 1 aliphatic rings. The number of halogens is 3. The number of rotatable bonds is 12. The standard InChI is InChI=1S/C30H34F3NO7/c1-18-6-4-7-20(27(18)29(35)36)16-39-23-8-5-9-24(15-23)40-17-26-19(2)41-28(34-26)21-12-22(30(31,32)33)14-25(13-21)38-11-10-37-3/h4,6-7,12-14,23-24H,5,8-11,15-17H2,1-3H3,(H,35,36)/t23-,24+/m1/s1. The molecule has 2 aromatic carbocycles. The average Bonchev–Trinajstić information content (AvgIpc) is 3.30. The summed E-state index contributed by atoms with van der Waals surface area (Å²) in [6.45, 7) is 4.10. The molecule has 4 rings (SSSR count). The molecule has 11 heteroatoms. The van der Waals surface area contributed by atoms with Crippen molar-refractivity contribution in [3.8, 4) is 17.2 Å². The number of hydrogen-bond acceptors (Lipinski definition) is 7. The number of oxazole rings is 1. The Bertz CT molecular complexity index is 1340. The van der Waals surface area contributed by atoms with E-state index in [1.165, 1.54) is 13.2 Å². The molecule has 222 valence electrons. The maximum atomic E-state index is 13.5. The topological polar surface area (TPSA) is 100 Å². The Morgan fingerprint density at radius 2 is 1.80 bits per heavy atom. The quantitative estimate of drug-likeness (QED) is 0.236. The Kier molecular flexibility index (Phi) is 10.1. The zero-order valence-corrected chi connectivity index (χ0v) is 23.3.